The van der Waals surface area contributed by atoms with Crippen molar-refractivity contribution in [1.82, 2.24) is 5.32 Å². The fourth-order valence-corrected chi connectivity index (χ4v) is 2.48. The molecule has 1 aromatic rings. The molecule has 0 aliphatic rings. The second-order valence-electron chi connectivity index (χ2n) is 3.62. The van der Waals surface area contributed by atoms with Gasteiger partial charge in [0.2, 0.25) is 0 Å². The Balaban J connectivity index is 2.44. The molecule has 0 atom stereocenters. The molecule has 1 N–H and O–H groups in total. The Bertz CT molecular complexity index is 385. The van der Waals surface area contributed by atoms with E-state index in [0.29, 0.717) is 5.56 Å². The van der Waals surface area contributed by atoms with Crippen molar-refractivity contribution >= 4 is 46.2 Å². The molecule has 0 bridgehead atoms. The van der Waals surface area contributed by atoms with Crippen LogP contribution in [0.1, 0.15) is 23.2 Å². The summed E-state index contributed by atoms with van der Waals surface area (Å²) in [5.41, 5.74) is 0.641. The largest absolute Gasteiger partial charge is 0.352 e. The predicted molar refractivity (Wildman–Crippen MR) is 81.3 cm³/mol. The van der Waals surface area contributed by atoms with Crippen LogP contribution >= 0.6 is 40.3 Å². The first-order valence-electron chi connectivity index (χ1n) is 5.41. The van der Waals surface area contributed by atoms with Gasteiger partial charge in [0.1, 0.15) is 0 Å². The fourth-order valence-electron chi connectivity index (χ4n) is 1.36. The molecule has 1 amide bonds. The van der Waals surface area contributed by atoms with Crippen LogP contribution in [0, 0.1) is 0 Å². The molecular formula is C12H16BrNOS2. The van der Waals surface area contributed by atoms with Gasteiger partial charge < -0.3 is 5.32 Å². The summed E-state index contributed by atoms with van der Waals surface area (Å²) in [6.07, 6.45) is 4.24. The molecule has 0 unspecified atom stereocenters. The number of unbranched alkanes of at least 4 members (excludes halogenated alkanes) is 1. The van der Waals surface area contributed by atoms with E-state index in [2.05, 4.69) is 40.1 Å². The number of carbonyl (C=O) groups excluding carboxylic acids is 1. The lowest BCUT2D eigenvalue weighted by molar-refractivity contribution is 0.0952. The van der Waals surface area contributed by atoms with E-state index in [4.69, 9.17) is 0 Å². The maximum atomic E-state index is 11.9. The Morgan fingerprint density at radius 3 is 2.94 bits per heavy atom. The van der Waals surface area contributed by atoms with Crippen molar-refractivity contribution in [3.8, 4) is 0 Å². The Morgan fingerprint density at radius 2 is 2.24 bits per heavy atom. The highest BCUT2D eigenvalue weighted by atomic mass is 79.9. The molecule has 5 heteroatoms. The van der Waals surface area contributed by atoms with Crippen molar-refractivity contribution in [2.45, 2.75) is 17.7 Å². The second-order valence-corrected chi connectivity index (χ2v) is 5.98. The smallest absolute Gasteiger partial charge is 0.252 e. The van der Waals surface area contributed by atoms with Gasteiger partial charge in [-0.05, 0) is 59.0 Å². The number of nitrogens with one attached hydrogen (secondary N) is 1. The lowest BCUT2D eigenvalue weighted by Crippen LogP contribution is -2.24. The van der Waals surface area contributed by atoms with E-state index in [1.54, 1.807) is 6.07 Å². The molecule has 0 aromatic heterocycles. The summed E-state index contributed by atoms with van der Waals surface area (Å²) >= 11 is 9.43. The van der Waals surface area contributed by atoms with Crippen LogP contribution in [0.25, 0.3) is 0 Å². The van der Waals surface area contributed by atoms with E-state index < -0.39 is 0 Å². The van der Waals surface area contributed by atoms with Crippen molar-refractivity contribution in [3.05, 3.63) is 28.2 Å². The number of carbonyl (C=O) groups is 1. The standard InChI is InChI=1S/C12H16BrNOS2/c1-17-7-3-2-6-14-12(15)10-8-9(16)4-5-11(10)13/h4-5,8,16H,2-3,6-7H2,1H3,(H,14,15). The first kappa shape index (κ1) is 14.9. The number of thioether (sulfide) groups is 1. The minimum absolute atomic E-state index is 0.0445. The van der Waals surface area contributed by atoms with E-state index in [0.717, 1.165) is 34.5 Å². The number of amides is 1. The van der Waals surface area contributed by atoms with Crippen LogP contribution in [-0.4, -0.2) is 24.5 Å². The zero-order valence-electron chi connectivity index (χ0n) is 9.70. The molecule has 0 fully saturated rings. The second kappa shape index (κ2) is 8.06. The Morgan fingerprint density at radius 1 is 1.47 bits per heavy atom. The van der Waals surface area contributed by atoms with Gasteiger partial charge >= 0.3 is 0 Å². The van der Waals surface area contributed by atoms with Gasteiger partial charge in [0, 0.05) is 15.9 Å². The lowest BCUT2D eigenvalue weighted by Gasteiger charge is -2.07. The summed E-state index contributed by atoms with van der Waals surface area (Å²) in [6, 6.07) is 5.46. The third-order valence-electron chi connectivity index (χ3n) is 2.26. The predicted octanol–water partition coefficient (Wildman–Crippen LogP) is 3.61. The van der Waals surface area contributed by atoms with Crippen LogP contribution < -0.4 is 5.32 Å². The Hall–Kier alpha value is -0.130. The molecule has 1 aromatic carbocycles. The quantitative estimate of drug-likeness (QED) is 0.615. The average molecular weight is 334 g/mol. The van der Waals surface area contributed by atoms with Crippen LogP contribution in [0.3, 0.4) is 0 Å². The topological polar surface area (TPSA) is 29.1 Å². The van der Waals surface area contributed by atoms with Gasteiger partial charge in [0.25, 0.3) is 5.91 Å². The van der Waals surface area contributed by atoms with Crippen molar-refractivity contribution in [3.63, 3.8) is 0 Å². The summed E-state index contributed by atoms with van der Waals surface area (Å²) in [5.74, 6) is 1.10. The third-order valence-corrected chi connectivity index (χ3v) is 3.92. The number of hydrogen-bond donors (Lipinski definition) is 2. The van der Waals surface area contributed by atoms with Crippen LogP contribution in [-0.2, 0) is 0 Å². The van der Waals surface area contributed by atoms with Crippen LogP contribution in [0.4, 0.5) is 0 Å². The molecule has 0 saturated carbocycles. The van der Waals surface area contributed by atoms with Gasteiger partial charge in [-0.1, -0.05) is 0 Å². The Kier molecular flexibility index (Phi) is 7.08. The first-order valence-corrected chi connectivity index (χ1v) is 8.04. The number of halogens is 1. The SMILES string of the molecule is CSCCCCNC(=O)c1cc(S)ccc1Br. The average Bonchev–Trinajstić information content (AvgIpc) is 2.32. The normalized spacial score (nSPS) is 10.3. The molecule has 0 radical (unpaired) electrons. The molecule has 0 heterocycles. The summed E-state index contributed by atoms with van der Waals surface area (Å²) in [6.45, 7) is 0.725. The molecule has 0 spiro atoms. The molecule has 2 nitrogen and oxygen atoms in total. The van der Waals surface area contributed by atoms with Crippen LogP contribution in [0.15, 0.2) is 27.6 Å². The minimum atomic E-state index is -0.0445. The van der Waals surface area contributed by atoms with Gasteiger partial charge in [-0.25, -0.2) is 0 Å². The van der Waals surface area contributed by atoms with Crippen LogP contribution in [0.2, 0.25) is 0 Å². The minimum Gasteiger partial charge on any atom is -0.352 e. The highest BCUT2D eigenvalue weighted by Gasteiger charge is 2.09. The molecule has 0 aliphatic heterocycles. The molecule has 0 saturated heterocycles. The van der Waals surface area contributed by atoms with E-state index in [-0.39, 0.29) is 5.91 Å². The summed E-state index contributed by atoms with van der Waals surface area (Å²) in [4.78, 5) is 12.7. The zero-order valence-corrected chi connectivity index (χ0v) is 13.0. The Labute approximate surface area is 120 Å². The molecule has 1 rings (SSSR count). The van der Waals surface area contributed by atoms with E-state index in [1.807, 2.05) is 23.9 Å². The first-order chi connectivity index (χ1) is 8.15. The van der Waals surface area contributed by atoms with Gasteiger partial charge in [-0.15, -0.1) is 12.6 Å². The lowest BCUT2D eigenvalue weighted by atomic mass is 10.2. The number of benzene rings is 1. The number of hydrogen-bond acceptors (Lipinski definition) is 3. The maximum absolute atomic E-state index is 11.9. The number of thiol groups is 1. The van der Waals surface area contributed by atoms with Crippen molar-refractivity contribution in [2.75, 3.05) is 18.6 Å². The summed E-state index contributed by atoms with van der Waals surface area (Å²) < 4.78 is 0.803. The summed E-state index contributed by atoms with van der Waals surface area (Å²) in [7, 11) is 0. The van der Waals surface area contributed by atoms with Crippen molar-refractivity contribution in [2.24, 2.45) is 0 Å². The molecule has 94 valence electrons. The van der Waals surface area contributed by atoms with Crippen molar-refractivity contribution in [1.29, 1.82) is 0 Å². The highest BCUT2D eigenvalue weighted by molar-refractivity contribution is 9.10. The maximum Gasteiger partial charge on any atom is 0.252 e. The molecular weight excluding hydrogens is 318 g/mol. The monoisotopic (exact) mass is 333 g/mol. The van der Waals surface area contributed by atoms with Gasteiger partial charge in [-0.3, -0.25) is 4.79 Å². The zero-order chi connectivity index (χ0) is 12.7. The van der Waals surface area contributed by atoms with Crippen molar-refractivity contribution < 1.29 is 4.79 Å². The number of rotatable bonds is 6. The van der Waals surface area contributed by atoms with E-state index in [9.17, 15) is 4.79 Å². The van der Waals surface area contributed by atoms with E-state index >= 15 is 0 Å². The highest BCUT2D eigenvalue weighted by Crippen LogP contribution is 2.20. The summed E-state index contributed by atoms with van der Waals surface area (Å²) in [5, 5.41) is 2.91. The third kappa shape index (κ3) is 5.36. The fraction of sp³-hybridized carbons (Fsp3) is 0.417. The van der Waals surface area contributed by atoms with Crippen LogP contribution in [0.5, 0.6) is 0 Å². The molecule has 0 aliphatic carbocycles. The van der Waals surface area contributed by atoms with E-state index in [1.165, 1.54) is 0 Å². The van der Waals surface area contributed by atoms with Gasteiger partial charge in [-0.2, -0.15) is 11.8 Å². The van der Waals surface area contributed by atoms with Gasteiger partial charge in [0.05, 0.1) is 5.56 Å². The molecule has 17 heavy (non-hydrogen) atoms. The van der Waals surface area contributed by atoms with Gasteiger partial charge in [0.15, 0.2) is 0 Å².